The third-order valence-electron chi connectivity index (χ3n) is 5.67. The molecule has 1 fully saturated rings. The van der Waals surface area contributed by atoms with E-state index in [1.165, 1.54) is 56.7 Å². The number of hydrogen-bond acceptors (Lipinski definition) is 6. The molecule has 0 unspecified atom stereocenters. The predicted octanol–water partition coefficient (Wildman–Crippen LogP) is 3.42. The molecule has 208 valence electrons. The SMILES string of the molecule is CNC(=O)c1cc(Oc2ccc(NC(=O)Nc3cc(C(F)(F)F)ccc3N3C(=O)CN(C)C3=O)cc2)cc[n+]1O. The Morgan fingerprint density at radius 1 is 1.00 bits per heavy atom. The molecular weight excluding hydrogens is 537 g/mol. The van der Waals surface area contributed by atoms with Crippen molar-refractivity contribution in [2.45, 2.75) is 6.18 Å². The van der Waals surface area contributed by atoms with Crippen LogP contribution in [0.5, 0.6) is 11.5 Å². The maximum Gasteiger partial charge on any atom is 0.416 e. The van der Waals surface area contributed by atoms with Gasteiger partial charge in [-0.05, 0) is 42.5 Å². The van der Waals surface area contributed by atoms with E-state index in [1.54, 1.807) is 0 Å². The van der Waals surface area contributed by atoms with E-state index >= 15 is 0 Å². The molecular formula is C25H22F3N6O6+. The Morgan fingerprint density at radius 3 is 2.30 bits per heavy atom. The van der Waals surface area contributed by atoms with Crippen molar-refractivity contribution in [3.8, 4) is 11.5 Å². The molecule has 0 atom stereocenters. The van der Waals surface area contributed by atoms with Crippen molar-refractivity contribution in [1.82, 2.24) is 10.2 Å². The van der Waals surface area contributed by atoms with Crippen molar-refractivity contribution in [1.29, 1.82) is 0 Å². The summed E-state index contributed by atoms with van der Waals surface area (Å²) in [7, 11) is 2.76. The molecule has 3 aromatic rings. The van der Waals surface area contributed by atoms with Gasteiger partial charge in [-0.25, -0.2) is 14.5 Å². The molecule has 1 aromatic heterocycles. The van der Waals surface area contributed by atoms with Crippen LogP contribution in [-0.2, 0) is 11.0 Å². The van der Waals surface area contributed by atoms with Crippen LogP contribution in [0.15, 0.2) is 60.8 Å². The standard InChI is InChI=1S/C25H21F3N6O6/c1-29-22(36)20-12-17(9-10-33(20)39)40-16-6-4-15(5-7-16)30-23(37)31-18-11-14(25(26,27)28)3-8-19(18)34-21(35)13-32(2)24(34)38/h3-12H,13H2,1-2H3,(H3-,29,30,31,36,37,39)/p+1. The zero-order valence-corrected chi connectivity index (χ0v) is 20.9. The second-order valence-electron chi connectivity index (χ2n) is 8.47. The first-order valence-electron chi connectivity index (χ1n) is 11.5. The third kappa shape index (κ3) is 5.87. The van der Waals surface area contributed by atoms with Gasteiger partial charge in [-0.15, -0.1) is 0 Å². The quantitative estimate of drug-likeness (QED) is 0.207. The maximum atomic E-state index is 13.3. The average Bonchev–Trinajstić information content (AvgIpc) is 3.15. The van der Waals surface area contributed by atoms with Gasteiger partial charge >= 0.3 is 29.8 Å². The molecule has 2 aromatic carbocycles. The Labute approximate surface area is 224 Å². The number of rotatable bonds is 6. The summed E-state index contributed by atoms with van der Waals surface area (Å²) < 4.78 is 46.3. The minimum absolute atomic E-state index is 0.0760. The Kier molecular flexibility index (Phi) is 7.48. The smallest absolute Gasteiger partial charge is 0.416 e. The number of halogens is 3. The van der Waals surface area contributed by atoms with Crippen LogP contribution in [0.2, 0.25) is 0 Å². The van der Waals surface area contributed by atoms with Crippen LogP contribution in [-0.4, -0.2) is 54.6 Å². The normalized spacial score (nSPS) is 13.3. The van der Waals surface area contributed by atoms with Crippen molar-refractivity contribution >= 4 is 40.9 Å². The zero-order chi connectivity index (χ0) is 29.2. The van der Waals surface area contributed by atoms with Crippen molar-refractivity contribution in [2.24, 2.45) is 0 Å². The lowest BCUT2D eigenvalue weighted by molar-refractivity contribution is -0.905. The number of imide groups is 1. The number of likely N-dealkylation sites (N-methyl/N-ethyl adjacent to an activating group) is 1. The van der Waals surface area contributed by atoms with Crippen molar-refractivity contribution in [3.05, 3.63) is 72.1 Å². The van der Waals surface area contributed by atoms with E-state index < -0.39 is 41.3 Å². The molecule has 4 N–H and O–H groups in total. The monoisotopic (exact) mass is 559 g/mol. The highest BCUT2D eigenvalue weighted by atomic mass is 19.4. The Bertz CT molecular complexity index is 1500. The van der Waals surface area contributed by atoms with Crippen molar-refractivity contribution in [2.75, 3.05) is 36.2 Å². The fourth-order valence-electron chi connectivity index (χ4n) is 3.73. The molecule has 6 amide bonds. The largest absolute Gasteiger partial charge is 0.457 e. The van der Waals surface area contributed by atoms with Crippen molar-refractivity contribution < 1.29 is 47.0 Å². The van der Waals surface area contributed by atoms with Gasteiger partial charge in [0.15, 0.2) is 0 Å². The maximum absolute atomic E-state index is 13.3. The van der Waals surface area contributed by atoms with Crippen LogP contribution in [0, 0.1) is 0 Å². The van der Waals surface area contributed by atoms with Gasteiger partial charge in [0.2, 0.25) is 6.20 Å². The number of ether oxygens (including phenoxy) is 1. The highest BCUT2D eigenvalue weighted by Gasteiger charge is 2.38. The first-order valence-corrected chi connectivity index (χ1v) is 11.5. The molecule has 1 aliphatic heterocycles. The molecule has 0 radical (unpaired) electrons. The lowest BCUT2D eigenvalue weighted by Crippen LogP contribution is -2.40. The number of nitrogens with zero attached hydrogens (tertiary/aromatic N) is 3. The molecule has 4 rings (SSSR count). The molecule has 12 nitrogen and oxygen atoms in total. The highest BCUT2D eigenvalue weighted by Crippen LogP contribution is 2.37. The number of pyridine rings is 1. The minimum Gasteiger partial charge on any atom is -0.457 e. The van der Waals surface area contributed by atoms with Gasteiger partial charge in [0.25, 0.3) is 5.91 Å². The summed E-state index contributed by atoms with van der Waals surface area (Å²) in [6.45, 7) is -0.268. The van der Waals surface area contributed by atoms with E-state index in [2.05, 4.69) is 16.0 Å². The summed E-state index contributed by atoms with van der Waals surface area (Å²) >= 11 is 0. The van der Waals surface area contributed by atoms with Gasteiger partial charge in [0.05, 0.1) is 23.0 Å². The van der Waals surface area contributed by atoms with Gasteiger partial charge < -0.3 is 25.6 Å². The third-order valence-corrected chi connectivity index (χ3v) is 5.67. The summed E-state index contributed by atoms with van der Waals surface area (Å²) in [5.74, 6) is -0.676. The summed E-state index contributed by atoms with van der Waals surface area (Å²) in [5, 5.41) is 16.9. The van der Waals surface area contributed by atoms with Crippen LogP contribution in [0.1, 0.15) is 16.1 Å². The fraction of sp³-hybridized carbons (Fsp3) is 0.160. The van der Waals surface area contributed by atoms with Crippen LogP contribution in [0.25, 0.3) is 0 Å². The predicted molar refractivity (Wildman–Crippen MR) is 133 cm³/mol. The van der Waals surface area contributed by atoms with E-state index in [0.29, 0.717) is 27.5 Å². The summed E-state index contributed by atoms with van der Waals surface area (Å²) in [5.41, 5.74) is -1.55. The Hall–Kier alpha value is -5.34. The number of alkyl halides is 3. The lowest BCUT2D eigenvalue weighted by Gasteiger charge is -2.20. The second kappa shape index (κ2) is 10.8. The van der Waals surface area contributed by atoms with E-state index in [4.69, 9.17) is 4.74 Å². The van der Waals surface area contributed by atoms with Crippen molar-refractivity contribution in [3.63, 3.8) is 0 Å². The Balaban J connectivity index is 1.50. The van der Waals surface area contributed by atoms with E-state index in [9.17, 15) is 37.6 Å². The molecule has 2 heterocycles. The van der Waals surface area contributed by atoms with E-state index in [0.717, 1.165) is 11.0 Å². The van der Waals surface area contributed by atoms with Crippen LogP contribution < -0.4 is 30.3 Å². The van der Waals surface area contributed by atoms with Gasteiger partial charge in [0, 0.05) is 30.6 Å². The number of carbonyl (C=O) groups excluding carboxylic acids is 4. The molecule has 0 bridgehead atoms. The number of nitrogens with one attached hydrogen (secondary N) is 3. The molecule has 1 saturated heterocycles. The van der Waals surface area contributed by atoms with E-state index in [1.807, 2.05) is 0 Å². The van der Waals surface area contributed by atoms with Gasteiger partial charge in [-0.1, -0.05) is 0 Å². The number of aromatic nitrogens is 1. The zero-order valence-electron chi connectivity index (χ0n) is 20.9. The summed E-state index contributed by atoms with van der Waals surface area (Å²) in [6, 6.07) is 9.14. The first-order chi connectivity index (χ1) is 18.9. The summed E-state index contributed by atoms with van der Waals surface area (Å²) in [4.78, 5) is 51.0. The minimum atomic E-state index is -4.74. The number of anilines is 3. The molecule has 15 heteroatoms. The number of urea groups is 2. The van der Waals surface area contributed by atoms with Crippen LogP contribution in [0.4, 0.5) is 39.8 Å². The lowest BCUT2D eigenvalue weighted by atomic mass is 10.1. The van der Waals surface area contributed by atoms with E-state index in [-0.39, 0.29) is 29.4 Å². The molecule has 0 aliphatic carbocycles. The van der Waals surface area contributed by atoms with Crippen LogP contribution in [0.3, 0.4) is 0 Å². The molecule has 1 aliphatic rings. The molecule has 0 saturated carbocycles. The average molecular weight is 559 g/mol. The van der Waals surface area contributed by atoms with Gasteiger partial charge in [0.1, 0.15) is 18.0 Å². The Morgan fingerprint density at radius 2 is 1.70 bits per heavy atom. The topological polar surface area (TPSA) is 144 Å². The van der Waals surface area contributed by atoms with Gasteiger partial charge in [-0.3, -0.25) is 14.8 Å². The van der Waals surface area contributed by atoms with Gasteiger partial charge in [-0.2, -0.15) is 13.2 Å². The second-order valence-corrected chi connectivity index (χ2v) is 8.47. The number of amides is 6. The number of carbonyl (C=O) groups is 4. The highest BCUT2D eigenvalue weighted by molar-refractivity contribution is 6.21. The number of hydrogen-bond donors (Lipinski definition) is 4. The number of benzene rings is 2. The fourth-order valence-corrected chi connectivity index (χ4v) is 3.73. The van der Waals surface area contributed by atoms with Crippen LogP contribution >= 0.6 is 0 Å². The summed E-state index contributed by atoms with van der Waals surface area (Å²) in [6.07, 6.45) is -3.53. The first kappa shape index (κ1) is 27.7. The molecule has 40 heavy (non-hydrogen) atoms. The molecule has 0 spiro atoms.